The summed E-state index contributed by atoms with van der Waals surface area (Å²) in [5, 5.41) is 7.20. The van der Waals surface area contributed by atoms with Gasteiger partial charge in [-0.3, -0.25) is 0 Å². The average molecular weight is 319 g/mol. The van der Waals surface area contributed by atoms with Crippen LogP contribution in [0.25, 0.3) is 34.1 Å². The highest BCUT2D eigenvalue weighted by molar-refractivity contribution is 7.09. The minimum atomic E-state index is 0.528. The van der Waals surface area contributed by atoms with Gasteiger partial charge in [0.1, 0.15) is 0 Å². The van der Waals surface area contributed by atoms with Gasteiger partial charge in [-0.25, -0.2) is 4.98 Å². The van der Waals surface area contributed by atoms with Crippen LogP contribution in [0.1, 0.15) is 5.01 Å². The number of benzene rings is 2. The highest BCUT2D eigenvalue weighted by Gasteiger charge is 2.10. The average Bonchev–Trinajstić information content (AvgIpc) is 3.25. The van der Waals surface area contributed by atoms with E-state index in [1.807, 2.05) is 61.5 Å². The largest absolute Gasteiger partial charge is 0.334 e. The van der Waals surface area contributed by atoms with Crippen LogP contribution in [0.5, 0.6) is 0 Å². The number of aromatic nitrogens is 3. The molecule has 0 saturated heterocycles. The Labute approximate surface area is 137 Å². The van der Waals surface area contributed by atoms with E-state index in [4.69, 9.17) is 4.52 Å². The van der Waals surface area contributed by atoms with Gasteiger partial charge in [-0.05, 0) is 19.1 Å². The molecular weight excluding hydrogens is 306 g/mol. The van der Waals surface area contributed by atoms with E-state index in [0.29, 0.717) is 11.7 Å². The van der Waals surface area contributed by atoms with Crippen molar-refractivity contribution in [3.05, 3.63) is 65.0 Å². The molecule has 0 unspecified atom stereocenters. The minimum Gasteiger partial charge on any atom is -0.334 e. The Morgan fingerprint density at radius 2 is 1.57 bits per heavy atom. The molecule has 23 heavy (non-hydrogen) atoms. The molecule has 0 saturated carbocycles. The maximum atomic E-state index is 5.35. The Bertz CT molecular complexity index is 926. The molecule has 2 aromatic carbocycles. The van der Waals surface area contributed by atoms with E-state index in [-0.39, 0.29) is 0 Å². The number of hydrogen-bond donors (Lipinski definition) is 0. The first-order chi connectivity index (χ1) is 11.3. The highest BCUT2D eigenvalue weighted by atomic mass is 32.1. The van der Waals surface area contributed by atoms with E-state index in [1.165, 1.54) is 0 Å². The van der Waals surface area contributed by atoms with Crippen molar-refractivity contribution in [2.45, 2.75) is 6.92 Å². The Kier molecular flexibility index (Phi) is 3.48. The van der Waals surface area contributed by atoms with Crippen LogP contribution in [0.3, 0.4) is 0 Å². The summed E-state index contributed by atoms with van der Waals surface area (Å²) in [6, 6.07) is 17.8. The first-order valence-corrected chi connectivity index (χ1v) is 8.09. The molecule has 2 heterocycles. The standard InChI is InChI=1S/C18H13N3OS/c1-12-19-16(11-23-12)13-7-9-14(10-8-13)17-20-18(22-21-17)15-5-3-2-4-6-15/h2-11H,1H3. The van der Waals surface area contributed by atoms with Crippen molar-refractivity contribution in [2.75, 3.05) is 0 Å². The first kappa shape index (κ1) is 13.8. The lowest BCUT2D eigenvalue weighted by Crippen LogP contribution is -1.83. The second-order valence-electron chi connectivity index (χ2n) is 5.12. The zero-order valence-electron chi connectivity index (χ0n) is 12.4. The fourth-order valence-corrected chi connectivity index (χ4v) is 2.95. The number of thiazole rings is 1. The van der Waals surface area contributed by atoms with E-state index in [9.17, 15) is 0 Å². The normalized spacial score (nSPS) is 10.8. The van der Waals surface area contributed by atoms with Gasteiger partial charge >= 0.3 is 0 Å². The number of rotatable bonds is 3. The van der Waals surface area contributed by atoms with Crippen LogP contribution in [0.15, 0.2) is 64.5 Å². The Morgan fingerprint density at radius 3 is 2.26 bits per heavy atom. The fourth-order valence-electron chi connectivity index (χ4n) is 2.32. The molecule has 5 heteroatoms. The summed E-state index contributed by atoms with van der Waals surface area (Å²) in [5.41, 5.74) is 3.93. The highest BCUT2D eigenvalue weighted by Crippen LogP contribution is 2.26. The lowest BCUT2D eigenvalue weighted by Gasteiger charge is -1.98. The molecule has 0 spiro atoms. The molecule has 4 nitrogen and oxygen atoms in total. The van der Waals surface area contributed by atoms with Crippen LogP contribution in [0, 0.1) is 6.92 Å². The van der Waals surface area contributed by atoms with Crippen molar-refractivity contribution in [3.8, 4) is 34.1 Å². The van der Waals surface area contributed by atoms with Crippen molar-refractivity contribution in [3.63, 3.8) is 0 Å². The summed E-state index contributed by atoms with van der Waals surface area (Å²) in [4.78, 5) is 8.96. The van der Waals surface area contributed by atoms with Crippen molar-refractivity contribution in [1.82, 2.24) is 15.1 Å². The zero-order valence-corrected chi connectivity index (χ0v) is 13.2. The van der Waals surface area contributed by atoms with Gasteiger partial charge in [0, 0.05) is 22.1 Å². The Hall–Kier alpha value is -2.79. The summed E-state index contributed by atoms with van der Waals surface area (Å²) >= 11 is 1.65. The summed E-state index contributed by atoms with van der Waals surface area (Å²) in [7, 11) is 0. The van der Waals surface area contributed by atoms with E-state index in [1.54, 1.807) is 11.3 Å². The molecule has 4 rings (SSSR count). The summed E-state index contributed by atoms with van der Waals surface area (Å²) in [6.07, 6.45) is 0. The molecule has 0 aliphatic rings. The molecular formula is C18H13N3OS. The number of hydrogen-bond acceptors (Lipinski definition) is 5. The van der Waals surface area contributed by atoms with Crippen LogP contribution < -0.4 is 0 Å². The second-order valence-corrected chi connectivity index (χ2v) is 6.18. The van der Waals surface area contributed by atoms with Crippen molar-refractivity contribution in [1.29, 1.82) is 0 Å². The molecule has 112 valence electrons. The van der Waals surface area contributed by atoms with Crippen LogP contribution in [0.4, 0.5) is 0 Å². The Morgan fingerprint density at radius 1 is 0.826 bits per heavy atom. The van der Waals surface area contributed by atoms with Gasteiger partial charge in [-0.15, -0.1) is 11.3 Å². The molecule has 0 amide bonds. The fraction of sp³-hybridized carbons (Fsp3) is 0.0556. The van der Waals surface area contributed by atoms with Crippen molar-refractivity contribution in [2.24, 2.45) is 0 Å². The molecule has 0 fully saturated rings. The monoisotopic (exact) mass is 319 g/mol. The molecule has 0 radical (unpaired) electrons. The van der Waals surface area contributed by atoms with Crippen LogP contribution >= 0.6 is 11.3 Å². The predicted molar refractivity (Wildman–Crippen MR) is 91.0 cm³/mol. The lowest BCUT2D eigenvalue weighted by atomic mass is 10.1. The molecule has 2 aromatic heterocycles. The van der Waals surface area contributed by atoms with Gasteiger partial charge in [-0.1, -0.05) is 47.6 Å². The lowest BCUT2D eigenvalue weighted by molar-refractivity contribution is 0.432. The molecule has 0 aliphatic heterocycles. The van der Waals surface area contributed by atoms with Gasteiger partial charge < -0.3 is 4.52 Å². The van der Waals surface area contributed by atoms with E-state index in [2.05, 4.69) is 20.5 Å². The van der Waals surface area contributed by atoms with Gasteiger partial charge in [0.2, 0.25) is 5.82 Å². The van der Waals surface area contributed by atoms with Gasteiger partial charge in [0.25, 0.3) is 5.89 Å². The Balaban J connectivity index is 1.63. The van der Waals surface area contributed by atoms with Crippen LogP contribution in [-0.2, 0) is 0 Å². The molecule has 0 aliphatic carbocycles. The van der Waals surface area contributed by atoms with Crippen molar-refractivity contribution < 1.29 is 4.52 Å². The topological polar surface area (TPSA) is 51.8 Å². The zero-order chi connectivity index (χ0) is 15.6. The summed E-state index contributed by atoms with van der Waals surface area (Å²) in [5.74, 6) is 1.12. The van der Waals surface area contributed by atoms with Crippen molar-refractivity contribution >= 4 is 11.3 Å². The van der Waals surface area contributed by atoms with E-state index < -0.39 is 0 Å². The van der Waals surface area contributed by atoms with Gasteiger partial charge in [-0.2, -0.15) is 4.98 Å². The molecule has 0 bridgehead atoms. The summed E-state index contributed by atoms with van der Waals surface area (Å²) < 4.78 is 5.35. The SMILES string of the molecule is Cc1nc(-c2ccc(-c3noc(-c4ccccc4)n3)cc2)cs1. The first-order valence-electron chi connectivity index (χ1n) is 7.22. The maximum absolute atomic E-state index is 5.35. The maximum Gasteiger partial charge on any atom is 0.258 e. The van der Waals surface area contributed by atoms with E-state index >= 15 is 0 Å². The predicted octanol–water partition coefficient (Wildman–Crippen LogP) is 4.84. The minimum absolute atomic E-state index is 0.528. The summed E-state index contributed by atoms with van der Waals surface area (Å²) in [6.45, 7) is 2.01. The third-order valence-electron chi connectivity index (χ3n) is 3.50. The third kappa shape index (κ3) is 2.78. The molecule has 0 atom stereocenters. The molecule has 4 aromatic rings. The van der Waals surface area contributed by atoms with Crippen LogP contribution in [-0.4, -0.2) is 15.1 Å². The third-order valence-corrected chi connectivity index (χ3v) is 4.28. The van der Waals surface area contributed by atoms with Crippen LogP contribution in [0.2, 0.25) is 0 Å². The second kappa shape index (κ2) is 5.78. The smallest absolute Gasteiger partial charge is 0.258 e. The number of aryl methyl sites for hydroxylation is 1. The quantitative estimate of drug-likeness (QED) is 0.542. The van der Waals surface area contributed by atoms with E-state index in [0.717, 1.165) is 27.4 Å². The number of nitrogens with zero attached hydrogens (tertiary/aromatic N) is 3. The van der Waals surface area contributed by atoms with Gasteiger partial charge in [0.05, 0.1) is 10.7 Å². The molecule has 0 N–H and O–H groups in total. The van der Waals surface area contributed by atoms with Gasteiger partial charge in [0.15, 0.2) is 0 Å².